The summed E-state index contributed by atoms with van der Waals surface area (Å²) in [5, 5.41) is 0. The Balaban J connectivity index is 1.91. The zero-order valence-corrected chi connectivity index (χ0v) is 10.6. The average Bonchev–Trinajstić information content (AvgIpc) is 2.40. The van der Waals surface area contributed by atoms with Crippen LogP contribution in [0.4, 0.5) is 4.79 Å². The van der Waals surface area contributed by atoms with Crippen LogP contribution < -0.4 is 5.73 Å². The molecule has 2 rings (SSSR count). The quantitative estimate of drug-likeness (QED) is 0.772. The summed E-state index contributed by atoms with van der Waals surface area (Å²) in [6, 6.07) is -0.731. The molecule has 0 fully saturated rings. The van der Waals surface area contributed by atoms with Gasteiger partial charge in [-0.2, -0.15) is 0 Å². The molecule has 5 nitrogen and oxygen atoms in total. The predicted octanol–water partition coefficient (Wildman–Crippen LogP) is 2.57. The van der Waals surface area contributed by atoms with Gasteiger partial charge in [-0.25, -0.2) is 9.10 Å². The molecule has 1 heterocycles. The van der Waals surface area contributed by atoms with Crippen LogP contribution >= 0.6 is 12.8 Å². The fourth-order valence-electron chi connectivity index (χ4n) is 1.62. The van der Waals surface area contributed by atoms with Gasteiger partial charge in [-0.3, -0.25) is 0 Å². The molecule has 0 unspecified atom stereocenters. The number of amides is 2. The number of hydrogen-bond acceptors (Lipinski definition) is 4. The van der Waals surface area contributed by atoms with E-state index in [1.54, 1.807) is 0 Å². The lowest BCUT2D eigenvalue weighted by Crippen LogP contribution is -2.28. The molecule has 0 saturated heterocycles. The first-order chi connectivity index (χ1) is 8.66. The van der Waals surface area contributed by atoms with Gasteiger partial charge in [-0.05, 0) is 12.8 Å². The first-order valence-corrected chi connectivity index (χ1v) is 5.92. The molecule has 0 aromatic carbocycles. The maximum atomic E-state index is 10.9. The minimum atomic E-state index is -0.731. The van der Waals surface area contributed by atoms with E-state index in [2.05, 4.69) is 25.0 Å². The minimum Gasteiger partial charge on any atom is -0.460 e. The van der Waals surface area contributed by atoms with Crippen molar-refractivity contribution >= 4 is 18.8 Å². The number of rotatable bonds is 3. The Kier molecular flexibility index (Phi) is 3.99. The minimum absolute atomic E-state index is 0.145. The largest absolute Gasteiger partial charge is 0.460 e. The Labute approximate surface area is 111 Å². The summed E-state index contributed by atoms with van der Waals surface area (Å²) in [7, 11) is 0. The van der Waals surface area contributed by atoms with Gasteiger partial charge in [0.2, 0.25) is 5.88 Å². The van der Waals surface area contributed by atoms with E-state index in [4.69, 9.17) is 15.2 Å². The summed E-state index contributed by atoms with van der Waals surface area (Å²) in [6.07, 6.45) is 11.8. The lowest BCUT2D eigenvalue weighted by molar-refractivity contribution is 0.176. The third-order valence-electron chi connectivity index (χ3n) is 2.54. The molecule has 1 aliphatic heterocycles. The predicted molar refractivity (Wildman–Crippen MR) is 69.8 cm³/mol. The standard InChI is InChI=1S/C12H14N2O3S/c13-12(15)14(18)11-8-16-10(7-17-11)6-9-4-2-1-3-5-9/h1-2,4,7-8,18H,3,5-6H2,(H2,13,15). The maximum Gasteiger partial charge on any atom is 0.331 e. The van der Waals surface area contributed by atoms with E-state index in [0.29, 0.717) is 12.2 Å². The number of thiol groups is 1. The zero-order chi connectivity index (χ0) is 13.0. The van der Waals surface area contributed by atoms with E-state index in [1.165, 1.54) is 18.1 Å². The second-order valence-electron chi connectivity index (χ2n) is 3.89. The molecule has 0 saturated carbocycles. The lowest BCUT2D eigenvalue weighted by atomic mass is 10.0. The number of primary amides is 1. The first-order valence-electron chi connectivity index (χ1n) is 5.52. The molecular weight excluding hydrogens is 252 g/mol. The molecule has 6 heteroatoms. The van der Waals surface area contributed by atoms with Gasteiger partial charge in [0.05, 0.1) is 0 Å². The highest BCUT2D eigenvalue weighted by molar-refractivity contribution is 7.78. The molecule has 2 amide bonds. The molecule has 18 heavy (non-hydrogen) atoms. The Hall–Kier alpha value is -1.82. The molecule has 2 N–H and O–H groups in total. The molecule has 96 valence electrons. The lowest BCUT2D eigenvalue weighted by Gasteiger charge is -2.20. The number of carbonyl (C=O) groups excluding carboxylic acids is 1. The van der Waals surface area contributed by atoms with Crippen LogP contribution in [0.5, 0.6) is 0 Å². The van der Waals surface area contributed by atoms with E-state index >= 15 is 0 Å². The highest BCUT2D eigenvalue weighted by atomic mass is 32.1. The molecule has 0 bridgehead atoms. The van der Waals surface area contributed by atoms with Crippen molar-refractivity contribution in [1.29, 1.82) is 0 Å². The van der Waals surface area contributed by atoms with Gasteiger partial charge in [-0.15, -0.1) is 0 Å². The van der Waals surface area contributed by atoms with Crippen molar-refractivity contribution in [3.63, 3.8) is 0 Å². The number of nitrogens with zero attached hydrogens (tertiary/aromatic N) is 1. The third kappa shape index (κ3) is 3.10. The van der Waals surface area contributed by atoms with Gasteiger partial charge < -0.3 is 15.2 Å². The van der Waals surface area contributed by atoms with Crippen molar-refractivity contribution < 1.29 is 14.3 Å². The maximum absolute atomic E-state index is 10.9. The van der Waals surface area contributed by atoms with Crippen molar-refractivity contribution in [2.24, 2.45) is 5.73 Å². The number of allylic oxidation sites excluding steroid dienone is 4. The van der Waals surface area contributed by atoms with Gasteiger partial charge in [0, 0.05) is 6.42 Å². The second-order valence-corrected chi connectivity index (χ2v) is 4.29. The van der Waals surface area contributed by atoms with Gasteiger partial charge in [0.15, 0.2) is 6.26 Å². The van der Waals surface area contributed by atoms with Crippen LogP contribution in [0.1, 0.15) is 19.3 Å². The Bertz CT molecular complexity index is 466. The van der Waals surface area contributed by atoms with Crippen LogP contribution in [0.3, 0.4) is 0 Å². The van der Waals surface area contributed by atoms with Crippen molar-refractivity contribution in [3.05, 3.63) is 48.0 Å². The number of carbonyl (C=O) groups is 1. The van der Waals surface area contributed by atoms with Crippen LogP contribution in [0.2, 0.25) is 0 Å². The van der Waals surface area contributed by atoms with Crippen molar-refractivity contribution in [2.75, 3.05) is 0 Å². The topological polar surface area (TPSA) is 64.8 Å². The second kappa shape index (κ2) is 5.68. The highest BCUT2D eigenvalue weighted by Crippen LogP contribution is 2.24. The molecule has 0 aromatic heterocycles. The van der Waals surface area contributed by atoms with Gasteiger partial charge in [-0.1, -0.05) is 36.6 Å². The van der Waals surface area contributed by atoms with Gasteiger partial charge in [0.25, 0.3) is 0 Å². The highest BCUT2D eigenvalue weighted by Gasteiger charge is 2.17. The molecular formula is C12H14N2O3S. The van der Waals surface area contributed by atoms with Crippen molar-refractivity contribution in [3.8, 4) is 0 Å². The third-order valence-corrected chi connectivity index (χ3v) is 2.94. The summed E-state index contributed by atoms with van der Waals surface area (Å²) in [5.41, 5.74) is 6.33. The van der Waals surface area contributed by atoms with E-state index in [-0.39, 0.29) is 5.88 Å². The van der Waals surface area contributed by atoms with Gasteiger partial charge in [0.1, 0.15) is 12.0 Å². The van der Waals surface area contributed by atoms with Crippen LogP contribution in [-0.2, 0) is 9.47 Å². The molecule has 0 aromatic rings. The van der Waals surface area contributed by atoms with Crippen LogP contribution in [0.15, 0.2) is 48.0 Å². The van der Waals surface area contributed by atoms with E-state index in [0.717, 1.165) is 17.1 Å². The van der Waals surface area contributed by atoms with E-state index in [1.807, 2.05) is 6.08 Å². The Morgan fingerprint density at radius 2 is 2.28 bits per heavy atom. The number of urea groups is 1. The smallest absolute Gasteiger partial charge is 0.331 e. The van der Waals surface area contributed by atoms with Crippen LogP contribution in [0.25, 0.3) is 0 Å². The van der Waals surface area contributed by atoms with Crippen LogP contribution in [-0.4, -0.2) is 10.3 Å². The average molecular weight is 266 g/mol. The van der Waals surface area contributed by atoms with E-state index in [9.17, 15) is 4.79 Å². The molecule has 0 atom stereocenters. The van der Waals surface area contributed by atoms with Crippen LogP contribution in [0, 0.1) is 0 Å². The number of nitrogens with two attached hydrogens (primary N) is 1. The molecule has 2 aliphatic rings. The normalized spacial score (nSPS) is 17.9. The Morgan fingerprint density at radius 1 is 1.44 bits per heavy atom. The SMILES string of the molecule is NC(=O)N(S)C1=COC(CC2=CC=CCC2)=CO1. The summed E-state index contributed by atoms with van der Waals surface area (Å²) in [5.74, 6) is 0.832. The fraction of sp³-hybridized carbons (Fsp3) is 0.250. The first kappa shape index (κ1) is 12.6. The molecule has 0 spiro atoms. The summed E-state index contributed by atoms with van der Waals surface area (Å²) < 4.78 is 11.5. The van der Waals surface area contributed by atoms with Crippen molar-refractivity contribution in [2.45, 2.75) is 19.3 Å². The molecule has 0 radical (unpaired) electrons. The zero-order valence-electron chi connectivity index (χ0n) is 9.70. The van der Waals surface area contributed by atoms with Gasteiger partial charge >= 0.3 is 6.03 Å². The Morgan fingerprint density at radius 3 is 2.83 bits per heavy atom. The summed E-state index contributed by atoms with van der Waals surface area (Å²) >= 11 is 3.86. The monoisotopic (exact) mass is 266 g/mol. The summed E-state index contributed by atoms with van der Waals surface area (Å²) in [4.78, 5) is 10.9. The van der Waals surface area contributed by atoms with Crippen molar-refractivity contribution in [1.82, 2.24) is 4.31 Å². The number of hydrogen-bond donors (Lipinski definition) is 2. The fourth-order valence-corrected chi connectivity index (χ4v) is 1.72. The van der Waals surface area contributed by atoms with E-state index < -0.39 is 6.03 Å². The molecule has 1 aliphatic carbocycles. The summed E-state index contributed by atoms with van der Waals surface area (Å²) in [6.45, 7) is 0. The number of ether oxygens (including phenoxy) is 2.